The van der Waals surface area contributed by atoms with E-state index in [9.17, 15) is 0 Å². The SMILES string of the molecule is CC1=CC2=NC(=[Si](C)C)CC2=C1.Cl.Cl. The van der Waals surface area contributed by atoms with E-state index in [1.54, 1.807) is 0 Å². The number of hydrogen-bond acceptors (Lipinski definition) is 1. The Balaban J connectivity index is 0.000000845. The molecule has 0 amide bonds. The van der Waals surface area contributed by atoms with Crippen LogP contribution in [0.3, 0.4) is 0 Å². The molecule has 4 heteroatoms. The molecule has 0 saturated heterocycles. The van der Waals surface area contributed by atoms with Gasteiger partial charge in [0.1, 0.15) is 0 Å². The maximum atomic E-state index is 4.63. The lowest BCUT2D eigenvalue weighted by Gasteiger charge is -1.94. The van der Waals surface area contributed by atoms with Crippen molar-refractivity contribution in [2.24, 2.45) is 4.99 Å². The third kappa shape index (κ3) is 2.44. The Morgan fingerprint density at radius 2 is 1.86 bits per heavy atom. The first-order valence-electron chi connectivity index (χ1n) is 4.31. The molecule has 78 valence electrons. The van der Waals surface area contributed by atoms with Gasteiger partial charge in [-0.3, -0.25) is 4.99 Å². The van der Waals surface area contributed by atoms with Crippen LogP contribution in [0.25, 0.3) is 0 Å². The van der Waals surface area contributed by atoms with Crippen LogP contribution in [0.5, 0.6) is 0 Å². The summed E-state index contributed by atoms with van der Waals surface area (Å²) < 4.78 is 0. The second-order valence-corrected chi connectivity index (χ2v) is 6.26. The van der Waals surface area contributed by atoms with E-state index in [2.05, 4.69) is 37.2 Å². The number of nitrogens with zero attached hydrogens (tertiary/aromatic N) is 1. The summed E-state index contributed by atoms with van der Waals surface area (Å²) in [5, 5.41) is 1.44. The summed E-state index contributed by atoms with van der Waals surface area (Å²) in [5.74, 6) is 0. The molecule has 0 radical (unpaired) electrons. The van der Waals surface area contributed by atoms with E-state index in [-0.39, 0.29) is 33.2 Å². The van der Waals surface area contributed by atoms with E-state index in [1.165, 1.54) is 22.2 Å². The van der Waals surface area contributed by atoms with E-state index >= 15 is 0 Å². The van der Waals surface area contributed by atoms with Crippen LogP contribution in [0.1, 0.15) is 13.3 Å². The molecular weight excluding hydrogens is 233 g/mol. The molecule has 1 aliphatic heterocycles. The zero-order chi connectivity index (χ0) is 8.72. The van der Waals surface area contributed by atoms with Crippen LogP contribution in [0.15, 0.2) is 28.3 Å². The van der Waals surface area contributed by atoms with Gasteiger partial charge in [0.2, 0.25) is 0 Å². The van der Waals surface area contributed by atoms with Gasteiger partial charge in [-0.2, -0.15) is 0 Å². The number of fused-ring (bicyclic) bond motifs is 1. The number of hydrogen-bond donors (Lipinski definition) is 0. The van der Waals surface area contributed by atoms with Crippen molar-refractivity contribution in [1.29, 1.82) is 0 Å². The van der Waals surface area contributed by atoms with Crippen molar-refractivity contribution in [3.8, 4) is 0 Å². The summed E-state index contributed by atoms with van der Waals surface area (Å²) in [6.07, 6.45) is 5.56. The van der Waals surface area contributed by atoms with Gasteiger partial charge in [0.15, 0.2) is 0 Å². The maximum Gasteiger partial charge on any atom is 0.0666 e. The lowest BCUT2D eigenvalue weighted by atomic mass is 10.2. The minimum Gasteiger partial charge on any atom is -0.258 e. The van der Waals surface area contributed by atoms with Crippen LogP contribution >= 0.6 is 24.8 Å². The summed E-state index contributed by atoms with van der Waals surface area (Å²) in [7, 11) is -0.312. The highest BCUT2D eigenvalue weighted by molar-refractivity contribution is 6.70. The van der Waals surface area contributed by atoms with E-state index in [0.29, 0.717) is 0 Å². The van der Waals surface area contributed by atoms with Crippen molar-refractivity contribution < 1.29 is 0 Å². The monoisotopic (exact) mass is 247 g/mol. The Labute approximate surface area is 99.1 Å². The Bertz CT molecular complexity index is 360. The first-order valence-corrected chi connectivity index (χ1v) is 6.81. The van der Waals surface area contributed by atoms with Gasteiger partial charge < -0.3 is 0 Å². The van der Waals surface area contributed by atoms with Gasteiger partial charge in [-0.1, -0.05) is 19.2 Å². The molecule has 14 heavy (non-hydrogen) atoms. The smallest absolute Gasteiger partial charge is 0.0666 e. The Kier molecular flexibility index (Phi) is 4.99. The second-order valence-electron chi connectivity index (χ2n) is 3.68. The molecule has 0 aromatic rings. The van der Waals surface area contributed by atoms with Crippen LogP contribution in [-0.2, 0) is 0 Å². The lowest BCUT2D eigenvalue weighted by molar-refractivity contribution is 1.43. The predicted octanol–water partition coefficient (Wildman–Crippen LogP) is 3.03. The van der Waals surface area contributed by atoms with Crippen molar-refractivity contribution in [2.75, 3.05) is 0 Å². The zero-order valence-electron chi connectivity index (χ0n) is 8.63. The van der Waals surface area contributed by atoms with Gasteiger partial charge in [0.05, 0.1) is 5.71 Å². The van der Waals surface area contributed by atoms with Gasteiger partial charge in [0, 0.05) is 20.1 Å². The summed E-state index contributed by atoms with van der Waals surface area (Å²) >= 11 is 0. The minimum atomic E-state index is -0.312. The van der Waals surface area contributed by atoms with Crippen LogP contribution in [0.2, 0.25) is 13.1 Å². The molecule has 1 nitrogen and oxygen atoms in total. The summed E-state index contributed by atoms with van der Waals surface area (Å²) in [6.45, 7) is 6.75. The fraction of sp³-hybridized carbons (Fsp3) is 0.400. The highest BCUT2D eigenvalue weighted by Gasteiger charge is 2.19. The zero-order valence-corrected chi connectivity index (χ0v) is 11.3. The number of aliphatic imine (C=N–C) groups is 1. The molecule has 0 bridgehead atoms. The highest BCUT2D eigenvalue weighted by Crippen LogP contribution is 2.24. The summed E-state index contributed by atoms with van der Waals surface area (Å²) in [6, 6.07) is 0. The van der Waals surface area contributed by atoms with Crippen LogP contribution in [0, 0.1) is 0 Å². The molecule has 0 aromatic carbocycles. The third-order valence-electron chi connectivity index (χ3n) is 2.29. The van der Waals surface area contributed by atoms with Crippen LogP contribution < -0.4 is 0 Å². The molecule has 0 N–H and O–H groups in total. The van der Waals surface area contributed by atoms with Crippen LogP contribution in [0.4, 0.5) is 0 Å². The average molecular weight is 248 g/mol. The van der Waals surface area contributed by atoms with Gasteiger partial charge in [0.25, 0.3) is 0 Å². The van der Waals surface area contributed by atoms with Gasteiger partial charge in [-0.15, -0.1) is 24.8 Å². The van der Waals surface area contributed by atoms with Crippen molar-refractivity contribution in [3.05, 3.63) is 23.3 Å². The van der Waals surface area contributed by atoms with E-state index < -0.39 is 0 Å². The van der Waals surface area contributed by atoms with Gasteiger partial charge >= 0.3 is 0 Å². The standard InChI is InChI=1S/C10H13NSi.2ClH/c1-7-4-8-6-10(12(2)3)11-9(8)5-7;;/h4-5H,6H2,1-3H3;2*1H. The van der Waals surface area contributed by atoms with Crippen molar-refractivity contribution >= 4 is 44.2 Å². The first kappa shape index (κ1) is 13.8. The molecule has 0 aromatic heterocycles. The van der Waals surface area contributed by atoms with Gasteiger partial charge in [-0.05, 0) is 24.1 Å². The molecule has 0 spiro atoms. The molecular formula is C10H15Cl2NSi. The number of allylic oxidation sites excluding steroid dienone is 3. The van der Waals surface area contributed by atoms with Crippen molar-refractivity contribution in [3.63, 3.8) is 0 Å². The molecule has 0 atom stereocenters. The fourth-order valence-electron chi connectivity index (χ4n) is 1.60. The molecule has 0 unspecified atom stereocenters. The molecule has 1 heterocycles. The quantitative estimate of drug-likeness (QED) is 0.584. The molecule has 1 aliphatic carbocycles. The topological polar surface area (TPSA) is 12.4 Å². The Morgan fingerprint density at radius 3 is 2.36 bits per heavy atom. The van der Waals surface area contributed by atoms with Crippen molar-refractivity contribution in [1.82, 2.24) is 0 Å². The van der Waals surface area contributed by atoms with E-state index in [1.807, 2.05) is 0 Å². The lowest BCUT2D eigenvalue weighted by Crippen LogP contribution is -2.02. The normalized spacial score (nSPS) is 17.4. The number of rotatable bonds is 0. The Hall–Kier alpha value is -0.183. The molecule has 0 fully saturated rings. The fourth-order valence-corrected chi connectivity index (χ4v) is 2.49. The predicted molar refractivity (Wildman–Crippen MR) is 70.9 cm³/mol. The maximum absolute atomic E-state index is 4.63. The highest BCUT2D eigenvalue weighted by atomic mass is 35.5. The third-order valence-corrected chi connectivity index (χ3v) is 3.73. The number of halogens is 2. The summed E-state index contributed by atoms with van der Waals surface area (Å²) in [5.41, 5.74) is 4.02. The van der Waals surface area contributed by atoms with Crippen LogP contribution in [-0.4, -0.2) is 19.4 Å². The van der Waals surface area contributed by atoms with Crippen molar-refractivity contribution in [2.45, 2.75) is 26.4 Å². The minimum absolute atomic E-state index is 0. The average Bonchev–Trinajstić information content (AvgIpc) is 2.42. The molecule has 2 rings (SSSR count). The van der Waals surface area contributed by atoms with E-state index in [0.717, 1.165) is 6.42 Å². The second kappa shape index (κ2) is 5.05. The first-order chi connectivity index (χ1) is 5.66. The largest absolute Gasteiger partial charge is 0.258 e. The van der Waals surface area contributed by atoms with E-state index in [4.69, 9.17) is 0 Å². The molecule has 0 saturated carbocycles. The summed E-state index contributed by atoms with van der Waals surface area (Å²) in [4.78, 5) is 4.63. The Morgan fingerprint density at radius 1 is 1.21 bits per heavy atom. The molecule has 2 aliphatic rings. The van der Waals surface area contributed by atoms with Gasteiger partial charge in [-0.25, -0.2) is 0 Å².